The standard InChI is InChI=1S/C26H26F2N4O5.C13H19F2N5O4/c1-14-11-15(2)20(16(3)12-14)23(34)37-21-18(13-29)36-24(26(21,27)28)32-10-9-19(31-25(32)35)30-22(33)17-7-5-4-6-8-17;1-2-4-17-11(22)18-6-7-9(21)13(14,15)10(24-7)20-5-3-8(16)19-12(20)23/h4-12,18,21,24H,13,29H2,1-3H3,(H,30,31,33,35);3,5,7,9-10,21H,2,4,6H2,1H3,(H2,16,19,23)(H2,17,18,22)/t18-,21-,24?;7-,9-,10?/m11/s1. The van der Waals surface area contributed by atoms with Crippen LogP contribution in [-0.2, 0) is 14.2 Å². The molecule has 18 nitrogen and oxygen atoms in total. The fourth-order valence-corrected chi connectivity index (χ4v) is 6.65. The van der Waals surface area contributed by atoms with Crippen LogP contribution in [-0.4, -0.2) is 98.0 Å². The first-order valence-corrected chi connectivity index (χ1v) is 18.9. The molecule has 3 amide bonds. The number of aliphatic hydroxyl groups is 1. The van der Waals surface area contributed by atoms with E-state index < -0.39 is 78.0 Å². The number of amides is 3. The lowest BCUT2D eigenvalue weighted by atomic mass is 10.00. The second kappa shape index (κ2) is 19.0. The van der Waals surface area contributed by atoms with Gasteiger partial charge in [0.2, 0.25) is 12.5 Å². The van der Waals surface area contributed by atoms with Gasteiger partial charge in [-0.15, -0.1) is 0 Å². The van der Waals surface area contributed by atoms with E-state index in [1.165, 1.54) is 6.07 Å². The van der Waals surface area contributed by atoms with E-state index in [0.717, 1.165) is 24.0 Å². The molecular weight excluding hydrogens is 814 g/mol. The maximum atomic E-state index is 15.5. The van der Waals surface area contributed by atoms with Crippen LogP contribution >= 0.6 is 0 Å². The molecule has 2 fully saturated rings. The quantitative estimate of drug-likeness (QED) is 0.0938. The lowest BCUT2D eigenvalue weighted by Crippen LogP contribution is -2.45. The Morgan fingerprint density at radius 2 is 1.46 bits per heavy atom. The largest absolute Gasteiger partial charge is 0.449 e. The third-order valence-corrected chi connectivity index (χ3v) is 9.54. The average Bonchev–Trinajstić information content (AvgIpc) is 3.58. The number of rotatable bonds is 11. The summed E-state index contributed by atoms with van der Waals surface area (Å²) in [5.41, 5.74) is 11.4. The van der Waals surface area contributed by atoms with Gasteiger partial charge in [-0.05, 0) is 62.6 Å². The van der Waals surface area contributed by atoms with Gasteiger partial charge in [0.25, 0.3) is 5.91 Å². The van der Waals surface area contributed by atoms with Crippen LogP contribution in [0.3, 0.4) is 0 Å². The molecule has 0 radical (unpaired) electrons. The van der Waals surface area contributed by atoms with Crippen molar-refractivity contribution in [2.75, 3.05) is 30.7 Å². The van der Waals surface area contributed by atoms with Crippen molar-refractivity contribution in [3.8, 4) is 0 Å². The van der Waals surface area contributed by atoms with Crippen LogP contribution in [0.2, 0.25) is 0 Å². The summed E-state index contributed by atoms with van der Waals surface area (Å²) in [6, 6.07) is 13.5. The molecule has 2 aliphatic heterocycles. The van der Waals surface area contributed by atoms with Gasteiger partial charge >= 0.3 is 35.2 Å². The molecule has 2 aliphatic rings. The number of nitrogens with one attached hydrogen (secondary N) is 3. The maximum absolute atomic E-state index is 15.5. The summed E-state index contributed by atoms with van der Waals surface area (Å²) in [5.74, 6) is -9.26. The van der Waals surface area contributed by atoms with Crippen molar-refractivity contribution in [2.24, 2.45) is 5.73 Å². The molecule has 4 aromatic rings. The Morgan fingerprint density at radius 1 is 0.869 bits per heavy atom. The maximum Gasteiger partial charge on any atom is 0.351 e. The van der Waals surface area contributed by atoms with Crippen molar-refractivity contribution in [3.05, 3.63) is 116 Å². The number of aliphatic hydroxyl groups excluding tert-OH is 1. The van der Waals surface area contributed by atoms with Gasteiger partial charge in [0, 0.05) is 37.6 Å². The molecule has 4 heterocycles. The summed E-state index contributed by atoms with van der Waals surface area (Å²) in [6.45, 7) is 6.77. The molecule has 2 aromatic carbocycles. The van der Waals surface area contributed by atoms with Gasteiger partial charge in [-0.1, -0.05) is 42.8 Å². The Morgan fingerprint density at radius 3 is 2.05 bits per heavy atom. The van der Waals surface area contributed by atoms with Crippen molar-refractivity contribution < 1.29 is 51.3 Å². The van der Waals surface area contributed by atoms with E-state index in [0.29, 0.717) is 38.8 Å². The number of carbonyl (C=O) groups is 3. The summed E-state index contributed by atoms with van der Waals surface area (Å²) in [7, 11) is 0. The molecule has 6 rings (SSSR count). The molecule has 22 heteroatoms. The fraction of sp³-hybridized carbons (Fsp3) is 0.410. The summed E-state index contributed by atoms with van der Waals surface area (Å²) < 4.78 is 76.4. The van der Waals surface area contributed by atoms with Crippen molar-refractivity contribution in [3.63, 3.8) is 0 Å². The average molecular weight is 860 g/mol. The third-order valence-electron chi connectivity index (χ3n) is 9.54. The first-order chi connectivity index (χ1) is 28.8. The molecule has 0 bridgehead atoms. The molecule has 61 heavy (non-hydrogen) atoms. The highest BCUT2D eigenvalue weighted by molar-refractivity contribution is 6.03. The highest BCUT2D eigenvalue weighted by atomic mass is 19.3. The Hall–Kier alpha value is -6.23. The van der Waals surface area contributed by atoms with Gasteiger partial charge in [-0.25, -0.2) is 19.2 Å². The monoisotopic (exact) mass is 859 g/mol. The third kappa shape index (κ3) is 10.2. The first-order valence-electron chi connectivity index (χ1n) is 18.9. The summed E-state index contributed by atoms with van der Waals surface area (Å²) in [5, 5.41) is 17.0. The predicted octanol–water partition coefficient (Wildman–Crippen LogP) is 2.57. The van der Waals surface area contributed by atoms with Crippen molar-refractivity contribution in [2.45, 2.75) is 82.8 Å². The Kier molecular flexibility index (Phi) is 14.3. The molecule has 0 saturated carbocycles. The number of ether oxygens (including phenoxy) is 3. The SMILES string of the molecule is CCCNC(=O)NC[C@H]1OC(n2ccc(N)nc2=O)C(F)(F)[C@@H]1O.Cc1cc(C)c(C(=O)O[C@@H]2[C@@H](CN)OC(n3ccc(NC(=O)c4ccccc4)nc3=O)C2(F)F)c(C)c1. The lowest BCUT2D eigenvalue weighted by Gasteiger charge is -2.24. The minimum absolute atomic E-state index is 0.121. The van der Waals surface area contributed by atoms with E-state index >= 15 is 8.78 Å². The van der Waals surface area contributed by atoms with E-state index in [-0.39, 0.29) is 30.3 Å². The minimum atomic E-state index is -3.81. The Balaban J connectivity index is 0.000000254. The van der Waals surface area contributed by atoms with Gasteiger partial charge in [0.15, 0.2) is 12.2 Å². The van der Waals surface area contributed by atoms with Gasteiger partial charge in [-0.3, -0.25) is 13.9 Å². The summed E-state index contributed by atoms with van der Waals surface area (Å²) in [4.78, 5) is 68.1. The van der Waals surface area contributed by atoms with Gasteiger partial charge in [0.05, 0.1) is 5.56 Å². The highest BCUT2D eigenvalue weighted by Gasteiger charge is 2.62. The zero-order valence-corrected chi connectivity index (χ0v) is 33.3. The number of nitrogens with two attached hydrogens (primary N) is 2. The van der Waals surface area contributed by atoms with Gasteiger partial charge in [-0.2, -0.15) is 27.5 Å². The number of aryl methyl sites for hydroxylation is 3. The lowest BCUT2D eigenvalue weighted by molar-refractivity contribution is -0.142. The molecule has 0 spiro atoms. The van der Waals surface area contributed by atoms with Crippen LogP contribution in [0.5, 0.6) is 0 Å². The van der Waals surface area contributed by atoms with Gasteiger partial charge in [0.1, 0.15) is 23.8 Å². The second-order valence-electron chi connectivity index (χ2n) is 14.2. The molecule has 0 aliphatic carbocycles. The molecule has 2 saturated heterocycles. The van der Waals surface area contributed by atoms with E-state index in [1.54, 1.807) is 56.3 Å². The number of aromatic nitrogens is 4. The van der Waals surface area contributed by atoms with Gasteiger partial charge < -0.3 is 46.7 Å². The molecule has 2 unspecified atom stereocenters. The number of carbonyl (C=O) groups excluding carboxylic acids is 3. The highest BCUT2D eigenvalue weighted by Crippen LogP contribution is 2.44. The number of halogens is 4. The zero-order chi connectivity index (χ0) is 44.8. The number of nitrogen functional groups attached to an aromatic ring is 1. The number of hydrogen-bond acceptors (Lipinski definition) is 13. The van der Waals surface area contributed by atoms with E-state index in [1.807, 2.05) is 13.8 Å². The summed E-state index contributed by atoms with van der Waals surface area (Å²) >= 11 is 0. The first kappa shape index (κ1) is 45.8. The number of esters is 1. The summed E-state index contributed by atoms with van der Waals surface area (Å²) in [6.07, 6.45) is -8.42. The number of benzene rings is 2. The number of hydrogen-bond donors (Lipinski definition) is 6. The number of urea groups is 1. The molecule has 8 N–H and O–H groups in total. The van der Waals surface area contributed by atoms with Crippen LogP contribution in [0.15, 0.2) is 76.6 Å². The fourth-order valence-electron chi connectivity index (χ4n) is 6.65. The van der Waals surface area contributed by atoms with Crippen molar-refractivity contribution >= 4 is 29.5 Å². The number of anilines is 2. The van der Waals surface area contributed by atoms with E-state index in [2.05, 4.69) is 25.9 Å². The molecular formula is C39H45F4N9O9. The number of alkyl halides is 4. The Bertz CT molecular complexity index is 2330. The van der Waals surface area contributed by atoms with E-state index in [4.69, 9.17) is 25.7 Å². The van der Waals surface area contributed by atoms with Crippen LogP contribution < -0.4 is 38.8 Å². The second-order valence-corrected chi connectivity index (χ2v) is 14.2. The van der Waals surface area contributed by atoms with Crippen molar-refractivity contribution in [1.82, 2.24) is 29.7 Å². The smallest absolute Gasteiger partial charge is 0.351 e. The minimum Gasteiger partial charge on any atom is -0.449 e. The van der Waals surface area contributed by atoms with Crippen LogP contribution in [0.1, 0.15) is 63.2 Å². The normalized spacial score (nSPS) is 22.4. The van der Waals surface area contributed by atoms with Crippen LogP contribution in [0, 0.1) is 20.8 Å². The zero-order valence-electron chi connectivity index (χ0n) is 33.3. The number of nitrogens with zero attached hydrogens (tertiary/aromatic N) is 4. The predicted molar refractivity (Wildman–Crippen MR) is 210 cm³/mol. The molecule has 6 atom stereocenters. The van der Waals surface area contributed by atoms with Crippen LogP contribution in [0.4, 0.5) is 34.0 Å². The van der Waals surface area contributed by atoms with Crippen molar-refractivity contribution in [1.29, 1.82) is 0 Å². The topological polar surface area (TPSA) is 257 Å². The van der Waals surface area contributed by atoms with E-state index in [9.17, 15) is 37.9 Å². The molecule has 2 aromatic heterocycles. The molecule has 328 valence electrons. The van der Waals surface area contributed by atoms with Crippen LogP contribution in [0.25, 0.3) is 0 Å². The Labute approximate surface area is 345 Å².